The van der Waals surface area contributed by atoms with E-state index in [0.29, 0.717) is 18.2 Å². The van der Waals surface area contributed by atoms with Crippen molar-refractivity contribution in [2.45, 2.75) is 23.6 Å². The summed E-state index contributed by atoms with van der Waals surface area (Å²) < 4.78 is 32.2. The lowest BCUT2D eigenvalue weighted by Crippen LogP contribution is -2.39. The van der Waals surface area contributed by atoms with Gasteiger partial charge in [-0.3, -0.25) is 0 Å². The third-order valence-electron chi connectivity index (χ3n) is 3.94. The molecule has 3 aromatic rings. The Balaban J connectivity index is 1.69. The maximum atomic E-state index is 12.5. The van der Waals surface area contributed by atoms with E-state index in [1.807, 2.05) is 18.4 Å². The van der Waals surface area contributed by atoms with Crippen molar-refractivity contribution < 1.29 is 8.42 Å². The molecule has 0 saturated carbocycles. The SMILES string of the molecule is CSc1nc2ccc3nc(NS(=O)(=O)N4CCCCC4)sc3c2s1. The second-order valence-electron chi connectivity index (χ2n) is 5.53. The van der Waals surface area contributed by atoms with E-state index in [2.05, 4.69) is 14.7 Å². The number of nitrogens with one attached hydrogen (secondary N) is 1. The predicted octanol–water partition coefficient (Wildman–Crippen LogP) is 3.77. The highest BCUT2D eigenvalue weighted by atomic mass is 32.2. The molecule has 10 heteroatoms. The minimum Gasteiger partial charge on any atom is -0.246 e. The number of nitrogens with zero attached hydrogens (tertiary/aromatic N) is 3. The first kappa shape index (κ1) is 16.5. The maximum Gasteiger partial charge on any atom is 0.303 e. The van der Waals surface area contributed by atoms with Crippen LogP contribution in [0.15, 0.2) is 16.5 Å². The summed E-state index contributed by atoms with van der Waals surface area (Å²) in [5.41, 5.74) is 1.74. The second kappa shape index (κ2) is 6.41. The molecule has 1 aromatic carbocycles. The molecular formula is C14H16N4O2S4. The fourth-order valence-corrected chi connectivity index (χ4v) is 6.89. The Morgan fingerprint density at radius 2 is 1.75 bits per heavy atom. The van der Waals surface area contributed by atoms with Crippen LogP contribution in [0.25, 0.3) is 20.4 Å². The van der Waals surface area contributed by atoms with Gasteiger partial charge in [0.25, 0.3) is 0 Å². The molecule has 0 radical (unpaired) electrons. The topological polar surface area (TPSA) is 75.2 Å². The monoisotopic (exact) mass is 400 g/mol. The van der Waals surface area contributed by atoms with Crippen LogP contribution in [0, 0.1) is 0 Å². The van der Waals surface area contributed by atoms with Gasteiger partial charge in [0.05, 0.1) is 20.4 Å². The number of thiazole rings is 2. The van der Waals surface area contributed by atoms with Crippen molar-refractivity contribution in [1.29, 1.82) is 0 Å². The first-order chi connectivity index (χ1) is 11.6. The van der Waals surface area contributed by atoms with Crippen LogP contribution in [0.3, 0.4) is 0 Å². The van der Waals surface area contributed by atoms with Gasteiger partial charge in [-0.05, 0) is 31.2 Å². The molecule has 1 aliphatic heterocycles. The highest BCUT2D eigenvalue weighted by molar-refractivity contribution is 8.00. The summed E-state index contributed by atoms with van der Waals surface area (Å²) in [7, 11) is -3.52. The van der Waals surface area contributed by atoms with Gasteiger partial charge in [-0.15, -0.1) is 11.3 Å². The maximum absolute atomic E-state index is 12.5. The van der Waals surface area contributed by atoms with E-state index >= 15 is 0 Å². The molecule has 0 amide bonds. The van der Waals surface area contributed by atoms with Gasteiger partial charge in [-0.1, -0.05) is 29.5 Å². The van der Waals surface area contributed by atoms with E-state index in [9.17, 15) is 8.42 Å². The number of benzene rings is 1. The molecule has 0 aliphatic carbocycles. The van der Waals surface area contributed by atoms with Crippen LogP contribution in [0.4, 0.5) is 5.13 Å². The molecule has 0 spiro atoms. The second-order valence-corrected chi connectivity index (χ2v) is 10.3. The first-order valence-electron chi connectivity index (χ1n) is 7.59. The number of hydrogen-bond donors (Lipinski definition) is 1. The average Bonchev–Trinajstić information content (AvgIpc) is 3.17. The zero-order valence-corrected chi connectivity index (χ0v) is 16.2. The lowest BCUT2D eigenvalue weighted by atomic mass is 10.2. The Hall–Kier alpha value is -0.940. The van der Waals surface area contributed by atoms with Crippen molar-refractivity contribution in [3.05, 3.63) is 12.1 Å². The average molecular weight is 401 g/mol. The normalized spacial score (nSPS) is 16.9. The predicted molar refractivity (Wildman–Crippen MR) is 103 cm³/mol. The highest BCUT2D eigenvalue weighted by Crippen LogP contribution is 2.38. The van der Waals surface area contributed by atoms with Gasteiger partial charge in [-0.2, -0.15) is 12.7 Å². The first-order valence-corrected chi connectivity index (χ1v) is 11.9. The zero-order valence-electron chi connectivity index (χ0n) is 13.0. The van der Waals surface area contributed by atoms with Crippen molar-refractivity contribution in [3.8, 4) is 0 Å². The largest absolute Gasteiger partial charge is 0.303 e. The summed E-state index contributed by atoms with van der Waals surface area (Å²) in [6.45, 7) is 1.16. The Labute approximate surface area is 152 Å². The minimum absolute atomic E-state index is 0.419. The molecule has 1 N–H and O–H groups in total. The Morgan fingerprint density at radius 3 is 2.46 bits per heavy atom. The summed E-state index contributed by atoms with van der Waals surface area (Å²) in [5.74, 6) is 0. The third kappa shape index (κ3) is 3.01. The number of piperidine rings is 1. The molecule has 0 atom stereocenters. The molecule has 3 heterocycles. The summed E-state index contributed by atoms with van der Waals surface area (Å²) in [6, 6.07) is 3.84. The van der Waals surface area contributed by atoms with Gasteiger partial charge in [0.1, 0.15) is 0 Å². The molecule has 2 aromatic heterocycles. The van der Waals surface area contributed by atoms with Gasteiger partial charge in [0.15, 0.2) is 9.47 Å². The summed E-state index contributed by atoms with van der Waals surface area (Å²) in [5, 5.41) is 0.419. The molecule has 1 fully saturated rings. The number of thioether (sulfide) groups is 1. The van der Waals surface area contributed by atoms with Crippen LogP contribution >= 0.6 is 34.4 Å². The Kier molecular flexibility index (Phi) is 4.42. The standard InChI is InChI=1S/C14H16N4O2S4/c1-21-14-16-10-6-5-9-11(12(10)23-14)22-13(15-9)17-24(19,20)18-7-3-2-4-8-18/h5-6H,2-4,7-8H2,1H3,(H,15,17). The van der Waals surface area contributed by atoms with E-state index in [1.165, 1.54) is 15.6 Å². The highest BCUT2D eigenvalue weighted by Gasteiger charge is 2.25. The van der Waals surface area contributed by atoms with Crippen LogP contribution in [0.1, 0.15) is 19.3 Å². The fourth-order valence-electron chi connectivity index (χ4n) is 2.76. The van der Waals surface area contributed by atoms with Gasteiger partial charge < -0.3 is 0 Å². The smallest absolute Gasteiger partial charge is 0.246 e. The Morgan fingerprint density at radius 1 is 1.08 bits per heavy atom. The lowest BCUT2D eigenvalue weighted by molar-refractivity contribution is 0.349. The molecule has 24 heavy (non-hydrogen) atoms. The van der Waals surface area contributed by atoms with E-state index in [4.69, 9.17) is 0 Å². The van der Waals surface area contributed by atoms with Crippen LogP contribution in [-0.4, -0.2) is 42.0 Å². The van der Waals surface area contributed by atoms with Crippen molar-refractivity contribution in [2.24, 2.45) is 0 Å². The molecule has 128 valence electrons. The van der Waals surface area contributed by atoms with E-state index in [-0.39, 0.29) is 0 Å². The number of rotatable bonds is 4. The van der Waals surface area contributed by atoms with E-state index < -0.39 is 10.2 Å². The summed E-state index contributed by atoms with van der Waals surface area (Å²) in [4.78, 5) is 9.00. The van der Waals surface area contributed by atoms with Gasteiger partial charge in [0.2, 0.25) is 0 Å². The van der Waals surface area contributed by atoms with Crippen molar-refractivity contribution in [1.82, 2.24) is 14.3 Å². The molecule has 1 saturated heterocycles. The number of fused-ring (bicyclic) bond motifs is 3. The van der Waals surface area contributed by atoms with Gasteiger partial charge in [0, 0.05) is 13.1 Å². The van der Waals surface area contributed by atoms with Crippen LogP contribution in [-0.2, 0) is 10.2 Å². The van der Waals surface area contributed by atoms with Crippen molar-refractivity contribution in [2.75, 3.05) is 24.1 Å². The van der Waals surface area contributed by atoms with Crippen molar-refractivity contribution >= 4 is 70.2 Å². The van der Waals surface area contributed by atoms with Crippen molar-refractivity contribution in [3.63, 3.8) is 0 Å². The van der Waals surface area contributed by atoms with Crippen LogP contribution in [0.2, 0.25) is 0 Å². The molecular weight excluding hydrogens is 384 g/mol. The van der Waals surface area contributed by atoms with Crippen LogP contribution < -0.4 is 4.72 Å². The van der Waals surface area contributed by atoms with Gasteiger partial charge >= 0.3 is 10.2 Å². The number of aromatic nitrogens is 2. The van der Waals surface area contributed by atoms with E-state index in [0.717, 1.165) is 44.0 Å². The summed E-state index contributed by atoms with van der Waals surface area (Å²) in [6.07, 6.45) is 4.92. The van der Waals surface area contributed by atoms with Gasteiger partial charge in [-0.25, -0.2) is 14.7 Å². The molecule has 0 unspecified atom stereocenters. The molecule has 6 nitrogen and oxygen atoms in total. The number of hydrogen-bond acceptors (Lipinski definition) is 7. The van der Waals surface area contributed by atoms with E-state index in [1.54, 1.807) is 23.1 Å². The molecule has 0 bridgehead atoms. The lowest BCUT2D eigenvalue weighted by Gasteiger charge is -2.25. The Bertz CT molecular complexity index is 989. The van der Waals surface area contributed by atoms with Crippen LogP contribution in [0.5, 0.6) is 0 Å². The molecule has 4 rings (SSSR count). The third-order valence-corrected chi connectivity index (χ3v) is 8.77. The summed E-state index contributed by atoms with van der Waals surface area (Å²) >= 11 is 4.61. The fraction of sp³-hybridized carbons (Fsp3) is 0.429. The molecule has 1 aliphatic rings. The minimum atomic E-state index is -3.52. The quantitative estimate of drug-likeness (QED) is 0.675. The number of anilines is 1. The zero-order chi connectivity index (χ0) is 16.7.